The Hall–Kier alpha value is -2.19. The first-order valence-electron chi connectivity index (χ1n) is 7.07. The molecule has 1 aliphatic heterocycles. The molecule has 1 amide bonds. The standard InChI is InChI=1S/C16H12BrN3O3S/c17-11-5-7-12(8-6-11)18-16-19-15(21)14(24-16)9-10-3-1-2-4-13(10)20(22)23/h1-8,14H,9H2,(H,18,19,21)/t14-/m0/s1. The van der Waals surface area contributed by atoms with E-state index < -0.39 is 10.2 Å². The van der Waals surface area contributed by atoms with Crippen molar-refractivity contribution < 1.29 is 9.72 Å². The summed E-state index contributed by atoms with van der Waals surface area (Å²) in [6, 6.07) is 13.9. The zero-order valence-electron chi connectivity index (χ0n) is 12.3. The summed E-state index contributed by atoms with van der Waals surface area (Å²) in [5, 5.41) is 13.9. The largest absolute Gasteiger partial charge is 0.304 e. The lowest BCUT2D eigenvalue weighted by atomic mass is 10.1. The van der Waals surface area contributed by atoms with Crippen LogP contribution in [-0.2, 0) is 11.2 Å². The molecule has 2 aromatic rings. The van der Waals surface area contributed by atoms with Crippen molar-refractivity contribution in [3.05, 3.63) is 68.7 Å². The number of benzene rings is 2. The summed E-state index contributed by atoms with van der Waals surface area (Å²) in [5.41, 5.74) is 1.30. The summed E-state index contributed by atoms with van der Waals surface area (Å²) >= 11 is 4.64. The van der Waals surface area contributed by atoms with E-state index in [1.165, 1.54) is 17.8 Å². The predicted octanol–water partition coefficient (Wildman–Crippen LogP) is 3.82. The SMILES string of the molecule is O=C1NC(=Nc2ccc(Br)cc2)S[C@H]1Cc1ccccc1[N+](=O)[O-]. The maximum Gasteiger partial charge on any atom is 0.272 e. The van der Waals surface area contributed by atoms with Crippen LogP contribution in [0.2, 0.25) is 0 Å². The van der Waals surface area contributed by atoms with Crippen LogP contribution in [0.15, 0.2) is 58.0 Å². The van der Waals surface area contributed by atoms with Crippen LogP contribution in [0.5, 0.6) is 0 Å². The molecule has 0 radical (unpaired) electrons. The first kappa shape index (κ1) is 16.7. The van der Waals surface area contributed by atoms with Crippen molar-refractivity contribution >= 4 is 50.1 Å². The smallest absolute Gasteiger partial charge is 0.272 e. The molecular weight excluding hydrogens is 394 g/mol. The van der Waals surface area contributed by atoms with E-state index in [0.29, 0.717) is 10.7 Å². The molecule has 0 aromatic heterocycles. The lowest BCUT2D eigenvalue weighted by Crippen LogP contribution is -2.26. The van der Waals surface area contributed by atoms with Gasteiger partial charge in [-0.2, -0.15) is 0 Å². The summed E-state index contributed by atoms with van der Waals surface area (Å²) in [7, 11) is 0. The molecule has 0 spiro atoms. The molecule has 0 bridgehead atoms. The number of para-hydroxylation sites is 1. The Morgan fingerprint density at radius 1 is 1.21 bits per heavy atom. The molecule has 1 N–H and O–H groups in total. The molecule has 3 rings (SSSR count). The number of carbonyl (C=O) groups excluding carboxylic acids is 1. The monoisotopic (exact) mass is 405 g/mol. The topological polar surface area (TPSA) is 84.6 Å². The minimum absolute atomic E-state index is 0.0317. The molecule has 122 valence electrons. The molecule has 0 saturated carbocycles. The zero-order valence-corrected chi connectivity index (χ0v) is 14.7. The molecule has 8 heteroatoms. The number of rotatable bonds is 4. The van der Waals surface area contributed by atoms with Crippen LogP contribution >= 0.6 is 27.7 Å². The van der Waals surface area contributed by atoms with E-state index in [0.717, 1.165) is 10.2 Å². The first-order valence-corrected chi connectivity index (χ1v) is 8.74. The molecule has 2 aromatic carbocycles. The molecule has 6 nitrogen and oxygen atoms in total. The van der Waals surface area contributed by atoms with E-state index in [2.05, 4.69) is 26.2 Å². The Kier molecular flexibility index (Phi) is 4.96. The molecule has 0 unspecified atom stereocenters. The number of nitrogens with zero attached hydrogens (tertiary/aromatic N) is 2. The number of thioether (sulfide) groups is 1. The summed E-state index contributed by atoms with van der Waals surface area (Å²) < 4.78 is 0.948. The number of halogens is 1. The third-order valence-corrected chi connectivity index (χ3v) is 5.04. The second kappa shape index (κ2) is 7.14. The molecule has 0 aliphatic carbocycles. The average molecular weight is 406 g/mol. The van der Waals surface area contributed by atoms with Gasteiger partial charge in [0, 0.05) is 22.5 Å². The third-order valence-electron chi connectivity index (χ3n) is 3.43. The van der Waals surface area contributed by atoms with Gasteiger partial charge in [-0.25, -0.2) is 4.99 Å². The van der Waals surface area contributed by atoms with Crippen molar-refractivity contribution in [2.45, 2.75) is 11.7 Å². The summed E-state index contributed by atoms with van der Waals surface area (Å²) in [4.78, 5) is 27.2. The Bertz CT molecular complexity index is 824. The van der Waals surface area contributed by atoms with Crippen molar-refractivity contribution in [2.24, 2.45) is 4.99 Å². The second-order valence-electron chi connectivity index (χ2n) is 5.08. The fraction of sp³-hybridized carbons (Fsp3) is 0.125. The fourth-order valence-corrected chi connectivity index (χ4v) is 3.57. The Balaban J connectivity index is 1.76. The quantitative estimate of drug-likeness (QED) is 0.618. The Labute approximate surface area is 150 Å². The maximum atomic E-state index is 12.1. The minimum atomic E-state index is -0.430. The van der Waals surface area contributed by atoms with Gasteiger partial charge in [0.1, 0.15) is 0 Å². The van der Waals surface area contributed by atoms with Crippen LogP contribution in [0.4, 0.5) is 11.4 Å². The van der Waals surface area contributed by atoms with Crippen LogP contribution in [0.3, 0.4) is 0 Å². The van der Waals surface area contributed by atoms with Gasteiger partial charge in [-0.1, -0.05) is 45.9 Å². The Morgan fingerprint density at radius 2 is 1.92 bits per heavy atom. The predicted molar refractivity (Wildman–Crippen MR) is 97.6 cm³/mol. The number of amides is 1. The lowest BCUT2D eigenvalue weighted by Gasteiger charge is -2.05. The molecule has 1 heterocycles. The van der Waals surface area contributed by atoms with E-state index >= 15 is 0 Å². The number of nitro groups is 1. The van der Waals surface area contributed by atoms with Gasteiger partial charge in [-0.3, -0.25) is 14.9 Å². The van der Waals surface area contributed by atoms with E-state index in [-0.39, 0.29) is 18.0 Å². The highest BCUT2D eigenvalue weighted by atomic mass is 79.9. The zero-order chi connectivity index (χ0) is 17.1. The van der Waals surface area contributed by atoms with Gasteiger partial charge < -0.3 is 5.32 Å². The fourth-order valence-electron chi connectivity index (χ4n) is 2.29. The number of carbonyl (C=O) groups is 1. The summed E-state index contributed by atoms with van der Waals surface area (Å²) in [5.74, 6) is -0.186. The van der Waals surface area contributed by atoms with E-state index in [1.807, 2.05) is 24.3 Å². The summed E-state index contributed by atoms with van der Waals surface area (Å²) in [6.07, 6.45) is 0.285. The van der Waals surface area contributed by atoms with Gasteiger partial charge in [0.05, 0.1) is 15.9 Å². The van der Waals surface area contributed by atoms with Crippen LogP contribution < -0.4 is 5.32 Å². The van der Waals surface area contributed by atoms with Gasteiger partial charge in [-0.15, -0.1) is 0 Å². The van der Waals surface area contributed by atoms with Crippen molar-refractivity contribution in [1.82, 2.24) is 5.32 Å². The van der Waals surface area contributed by atoms with E-state index in [9.17, 15) is 14.9 Å². The normalized spacial score (nSPS) is 18.6. The number of aliphatic imine (C=N–C) groups is 1. The molecule has 24 heavy (non-hydrogen) atoms. The lowest BCUT2D eigenvalue weighted by molar-refractivity contribution is -0.385. The molecule has 1 aliphatic rings. The van der Waals surface area contributed by atoms with Crippen molar-refractivity contribution in [1.29, 1.82) is 0 Å². The first-order chi connectivity index (χ1) is 11.5. The molecule has 1 saturated heterocycles. The maximum absolute atomic E-state index is 12.1. The number of hydrogen-bond acceptors (Lipinski definition) is 5. The van der Waals surface area contributed by atoms with Crippen molar-refractivity contribution in [2.75, 3.05) is 0 Å². The van der Waals surface area contributed by atoms with Gasteiger partial charge in [0.15, 0.2) is 5.17 Å². The number of hydrogen-bond donors (Lipinski definition) is 1. The van der Waals surface area contributed by atoms with Gasteiger partial charge in [-0.05, 0) is 24.3 Å². The number of nitrogens with one attached hydrogen (secondary N) is 1. The third kappa shape index (κ3) is 3.82. The summed E-state index contributed by atoms with van der Waals surface area (Å²) in [6.45, 7) is 0. The number of nitro benzene ring substituents is 1. The van der Waals surface area contributed by atoms with E-state index in [1.54, 1.807) is 18.2 Å². The minimum Gasteiger partial charge on any atom is -0.304 e. The van der Waals surface area contributed by atoms with Crippen LogP contribution in [0.25, 0.3) is 0 Å². The van der Waals surface area contributed by atoms with Crippen molar-refractivity contribution in [3.8, 4) is 0 Å². The molecule has 1 fully saturated rings. The van der Waals surface area contributed by atoms with Gasteiger partial charge in [0.2, 0.25) is 5.91 Å². The van der Waals surface area contributed by atoms with Crippen LogP contribution in [-0.4, -0.2) is 21.2 Å². The van der Waals surface area contributed by atoms with Crippen molar-refractivity contribution in [3.63, 3.8) is 0 Å². The molecular formula is C16H12BrN3O3S. The second-order valence-corrected chi connectivity index (χ2v) is 7.19. The highest BCUT2D eigenvalue weighted by molar-refractivity contribution is 9.10. The van der Waals surface area contributed by atoms with Crippen LogP contribution in [0, 0.1) is 10.1 Å². The molecule has 1 atom stereocenters. The van der Waals surface area contributed by atoms with Gasteiger partial charge in [0.25, 0.3) is 5.69 Å². The highest BCUT2D eigenvalue weighted by Crippen LogP contribution is 2.29. The average Bonchev–Trinajstić information content (AvgIpc) is 2.89. The van der Waals surface area contributed by atoms with Gasteiger partial charge >= 0.3 is 0 Å². The number of amidine groups is 1. The highest BCUT2D eigenvalue weighted by Gasteiger charge is 2.32. The Morgan fingerprint density at radius 3 is 2.62 bits per heavy atom. The van der Waals surface area contributed by atoms with E-state index in [4.69, 9.17) is 0 Å². The van der Waals surface area contributed by atoms with Crippen LogP contribution in [0.1, 0.15) is 5.56 Å².